The third kappa shape index (κ3) is 9.11. The lowest BCUT2D eigenvalue weighted by molar-refractivity contribution is 0.671. The first-order valence-electron chi connectivity index (χ1n) is 5.34. The van der Waals surface area contributed by atoms with Gasteiger partial charge in [0.05, 0.1) is 0 Å². The molecule has 0 radical (unpaired) electrons. The number of nitrogens with two attached hydrogens (primary N) is 1. The fourth-order valence-corrected chi connectivity index (χ4v) is 0.892. The molecule has 0 amide bonds. The summed E-state index contributed by atoms with van der Waals surface area (Å²) in [7, 11) is 0. The van der Waals surface area contributed by atoms with Crippen molar-refractivity contribution in [2.75, 3.05) is 6.54 Å². The SMILES string of the molecule is C=C(F)/C=C\C(=C/C)CN/C(N)=N/C=C(C)C. The van der Waals surface area contributed by atoms with Gasteiger partial charge in [-0.25, -0.2) is 9.38 Å². The molecule has 0 fully saturated rings. The van der Waals surface area contributed by atoms with Gasteiger partial charge in [0.2, 0.25) is 0 Å². The van der Waals surface area contributed by atoms with Crippen molar-refractivity contribution in [3.63, 3.8) is 0 Å². The Morgan fingerprint density at radius 2 is 2.06 bits per heavy atom. The minimum Gasteiger partial charge on any atom is -0.370 e. The minimum atomic E-state index is -0.476. The number of allylic oxidation sites excluding steroid dienone is 4. The fourth-order valence-electron chi connectivity index (χ4n) is 0.892. The van der Waals surface area contributed by atoms with Gasteiger partial charge in [0.25, 0.3) is 0 Å². The molecule has 0 saturated heterocycles. The Balaban J connectivity index is 4.31. The van der Waals surface area contributed by atoms with Gasteiger partial charge in [-0.1, -0.05) is 24.3 Å². The monoisotopic (exact) mass is 237 g/mol. The van der Waals surface area contributed by atoms with Crippen molar-refractivity contribution in [1.82, 2.24) is 5.32 Å². The van der Waals surface area contributed by atoms with Gasteiger partial charge in [0.15, 0.2) is 5.96 Å². The molecule has 17 heavy (non-hydrogen) atoms. The molecule has 0 aliphatic rings. The standard InChI is InChI=1S/C13H20FN3/c1-5-12(7-6-11(4)14)9-17-13(15)16-8-10(2)3/h5-8H,4,9H2,1-3H3,(H3,15,16,17)/b7-6-,12-5+. The second-order valence-electron chi connectivity index (χ2n) is 3.72. The average Bonchev–Trinajstić information content (AvgIpc) is 2.26. The first kappa shape index (κ1) is 15.2. The molecule has 0 aromatic heterocycles. The molecular formula is C13H20FN3. The molecular weight excluding hydrogens is 217 g/mol. The van der Waals surface area contributed by atoms with Crippen LogP contribution in [0.3, 0.4) is 0 Å². The van der Waals surface area contributed by atoms with E-state index in [2.05, 4.69) is 16.9 Å². The Hall–Kier alpha value is -1.84. The first-order valence-corrected chi connectivity index (χ1v) is 5.34. The van der Waals surface area contributed by atoms with E-state index in [1.54, 1.807) is 12.3 Å². The topological polar surface area (TPSA) is 50.4 Å². The van der Waals surface area contributed by atoms with Crippen LogP contribution in [0.2, 0.25) is 0 Å². The van der Waals surface area contributed by atoms with Gasteiger partial charge in [-0.15, -0.1) is 0 Å². The van der Waals surface area contributed by atoms with Gasteiger partial charge < -0.3 is 11.1 Å². The van der Waals surface area contributed by atoms with Crippen molar-refractivity contribution in [2.24, 2.45) is 10.7 Å². The third-order valence-corrected chi connectivity index (χ3v) is 1.78. The fraction of sp³-hybridized carbons (Fsp3) is 0.308. The Morgan fingerprint density at radius 1 is 1.41 bits per heavy atom. The van der Waals surface area contributed by atoms with Gasteiger partial charge in [-0.05, 0) is 32.4 Å². The normalized spacial score (nSPS) is 12.7. The smallest absolute Gasteiger partial charge is 0.193 e. The second-order valence-corrected chi connectivity index (χ2v) is 3.72. The van der Waals surface area contributed by atoms with Crippen LogP contribution >= 0.6 is 0 Å². The van der Waals surface area contributed by atoms with E-state index in [9.17, 15) is 4.39 Å². The Bertz CT molecular complexity index is 372. The van der Waals surface area contributed by atoms with Crippen molar-refractivity contribution in [3.8, 4) is 0 Å². The molecule has 0 aliphatic heterocycles. The van der Waals surface area contributed by atoms with Crippen LogP contribution in [0, 0.1) is 0 Å². The van der Waals surface area contributed by atoms with Crippen molar-refractivity contribution < 1.29 is 4.39 Å². The molecule has 3 N–H and O–H groups in total. The van der Waals surface area contributed by atoms with E-state index < -0.39 is 5.83 Å². The summed E-state index contributed by atoms with van der Waals surface area (Å²) >= 11 is 0. The molecule has 3 nitrogen and oxygen atoms in total. The van der Waals surface area contributed by atoms with Gasteiger partial charge in [0.1, 0.15) is 5.83 Å². The van der Waals surface area contributed by atoms with Gasteiger partial charge in [-0.3, -0.25) is 0 Å². The van der Waals surface area contributed by atoms with E-state index in [-0.39, 0.29) is 0 Å². The summed E-state index contributed by atoms with van der Waals surface area (Å²) in [4.78, 5) is 4.00. The van der Waals surface area contributed by atoms with Crippen LogP contribution in [-0.2, 0) is 0 Å². The predicted molar refractivity (Wildman–Crippen MR) is 72.2 cm³/mol. The molecule has 94 valence electrons. The maximum atomic E-state index is 12.4. The van der Waals surface area contributed by atoms with Crippen LogP contribution in [0.4, 0.5) is 4.39 Å². The molecule has 0 bridgehead atoms. The number of aliphatic imine (C=N–C) groups is 1. The summed E-state index contributed by atoms with van der Waals surface area (Å²) in [6.07, 6.45) is 6.49. The van der Waals surface area contributed by atoms with Crippen molar-refractivity contribution >= 4 is 5.96 Å². The zero-order chi connectivity index (χ0) is 13.3. The van der Waals surface area contributed by atoms with E-state index in [1.165, 1.54) is 6.08 Å². The minimum absolute atomic E-state index is 0.332. The average molecular weight is 237 g/mol. The molecule has 4 heteroatoms. The van der Waals surface area contributed by atoms with Crippen LogP contribution < -0.4 is 11.1 Å². The quantitative estimate of drug-likeness (QED) is 0.439. The van der Waals surface area contributed by atoms with E-state index in [1.807, 2.05) is 26.8 Å². The van der Waals surface area contributed by atoms with Crippen LogP contribution in [0.25, 0.3) is 0 Å². The predicted octanol–water partition coefficient (Wildman–Crippen LogP) is 2.80. The van der Waals surface area contributed by atoms with Crippen molar-refractivity contribution in [1.29, 1.82) is 0 Å². The molecule has 0 aromatic rings. The van der Waals surface area contributed by atoms with Crippen molar-refractivity contribution in [3.05, 3.63) is 48.0 Å². The lowest BCUT2D eigenvalue weighted by Gasteiger charge is -2.05. The first-order chi connectivity index (χ1) is 7.95. The molecule has 0 unspecified atom stereocenters. The second kappa shape index (κ2) is 8.33. The lowest BCUT2D eigenvalue weighted by Crippen LogP contribution is -2.32. The summed E-state index contributed by atoms with van der Waals surface area (Å²) < 4.78 is 12.4. The number of guanidine groups is 1. The van der Waals surface area contributed by atoms with Crippen LogP contribution in [0.15, 0.2) is 53.0 Å². The molecule has 0 aliphatic carbocycles. The molecule has 0 heterocycles. The highest BCUT2D eigenvalue weighted by atomic mass is 19.1. The molecule has 0 spiro atoms. The Labute approximate surface area is 102 Å². The zero-order valence-electron chi connectivity index (χ0n) is 10.6. The van der Waals surface area contributed by atoms with Crippen LogP contribution in [0.5, 0.6) is 0 Å². The highest BCUT2D eigenvalue weighted by Crippen LogP contribution is 2.00. The highest BCUT2D eigenvalue weighted by molar-refractivity contribution is 5.78. The maximum absolute atomic E-state index is 12.4. The summed E-state index contributed by atoms with van der Waals surface area (Å²) in [5.74, 6) is -0.145. The summed E-state index contributed by atoms with van der Waals surface area (Å²) in [5, 5.41) is 2.92. The molecule has 0 aromatic carbocycles. The van der Waals surface area contributed by atoms with E-state index in [4.69, 9.17) is 5.73 Å². The molecule has 0 rings (SSSR count). The highest BCUT2D eigenvalue weighted by Gasteiger charge is 1.93. The van der Waals surface area contributed by atoms with E-state index in [0.29, 0.717) is 12.5 Å². The number of hydrogen-bond acceptors (Lipinski definition) is 1. The third-order valence-electron chi connectivity index (χ3n) is 1.78. The van der Waals surface area contributed by atoms with Gasteiger partial charge in [-0.2, -0.15) is 0 Å². The largest absolute Gasteiger partial charge is 0.370 e. The van der Waals surface area contributed by atoms with Crippen LogP contribution in [-0.4, -0.2) is 12.5 Å². The van der Waals surface area contributed by atoms with E-state index >= 15 is 0 Å². The lowest BCUT2D eigenvalue weighted by atomic mass is 10.2. The zero-order valence-corrected chi connectivity index (χ0v) is 10.6. The number of rotatable bonds is 5. The summed E-state index contributed by atoms with van der Waals surface area (Å²) in [6.45, 7) is 9.38. The number of hydrogen-bond donors (Lipinski definition) is 2. The number of halogens is 1. The maximum Gasteiger partial charge on any atom is 0.193 e. The van der Waals surface area contributed by atoms with E-state index in [0.717, 1.165) is 11.1 Å². The van der Waals surface area contributed by atoms with Gasteiger partial charge in [0, 0.05) is 12.7 Å². The van der Waals surface area contributed by atoms with Crippen LogP contribution in [0.1, 0.15) is 20.8 Å². The van der Waals surface area contributed by atoms with Gasteiger partial charge >= 0.3 is 0 Å². The molecule has 0 atom stereocenters. The number of nitrogens with zero attached hydrogens (tertiary/aromatic N) is 1. The summed E-state index contributed by atoms with van der Waals surface area (Å²) in [5.41, 5.74) is 7.60. The Kier molecular flexibility index (Phi) is 7.43. The molecule has 0 saturated carbocycles. The summed E-state index contributed by atoms with van der Waals surface area (Å²) in [6, 6.07) is 0. The van der Waals surface area contributed by atoms with Crippen molar-refractivity contribution in [2.45, 2.75) is 20.8 Å². The Morgan fingerprint density at radius 3 is 2.53 bits per heavy atom. The number of nitrogens with one attached hydrogen (secondary N) is 1.